The van der Waals surface area contributed by atoms with E-state index < -0.39 is 5.97 Å². The number of halogens is 1. The van der Waals surface area contributed by atoms with Crippen LogP contribution < -0.4 is 0 Å². The Balaban J connectivity index is 2.61. The van der Waals surface area contributed by atoms with E-state index in [1.165, 1.54) is 22.8 Å². The highest BCUT2D eigenvalue weighted by Gasteiger charge is 2.16. The highest BCUT2D eigenvalue weighted by atomic mass is 19.1. The van der Waals surface area contributed by atoms with Gasteiger partial charge in [-0.1, -0.05) is 0 Å². The number of aromatic nitrogens is 1. The van der Waals surface area contributed by atoms with E-state index in [1.54, 1.807) is 13.0 Å². The number of hydrogen-bond acceptors (Lipinski definition) is 3. The summed E-state index contributed by atoms with van der Waals surface area (Å²) in [4.78, 5) is 11.7. The molecule has 0 saturated carbocycles. The van der Waals surface area contributed by atoms with Gasteiger partial charge in [0.15, 0.2) is 0 Å². The SMILES string of the molecule is CCOC(=O)c1cc2cc(F)ccc2n1CC#N. The van der Waals surface area contributed by atoms with E-state index in [1.807, 2.05) is 6.07 Å². The first kappa shape index (κ1) is 12.1. The molecule has 0 radical (unpaired) electrons. The van der Waals surface area contributed by atoms with Gasteiger partial charge in [-0.3, -0.25) is 0 Å². The molecule has 0 bridgehead atoms. The summed E-state index contributed by atoms with van der Waals surface area (Å²) in [5.74, 6) is -0.892. The summed E-state index contributed by atoms with van der Waals surface area (Å²) in [6, 6.07) is 7.68. The third kappa shape index (κ3) is 2.05. The van der Waals surface area contributed by atoms with Gasteiger partial charge in [0.2, 0.25) is 0 Å². The highest BCUT2D eigenvalue weighted by molar-refractivity contribution is 5.95. The molecule has 18 heavy (non-hydrogen) atoms. The second kappa shape index (κ2) is 4.88. The summed E-state index contributed by atoms with van der Waals surface area (Å²) in [5, 5.41) is 9.37. The second-order valence-electron chi connectivity index (χ2n) is 3.70. The molecular weight excluding hydrogens is 235 g/mol. The first-order chi connectivity index (χ1) is 8.67. The van der Waals surface area contributed by atoms with Gasteiger partial charge >= 0.3 is 5.97 Å². The lowest BCUT2D eigenvalue weighted by Crippen LogP contribution is -2.11. The predicted molar refractivity (Wildman–Crippen MR) is 63.5 cm³/mol. The Morgan fingerprint density at radius 2 is 2.28 bits per heavy atom. The Bertz CT molecular complexity index is 640. The number of rotatable bonds is 3. The van der Waals surface area contributed by atoms with Gasteiger partial charge in [0, 0.05) is 10.9 Å². The minimum Gasteiger partial charge on any atom is -0.461 e. The van der Waals surface area contributed by atoms with Crippen LogP contribution in [-0.2, 0) is 11.3 Å². The molecule has 0 aliphatic rings. The quantitative estimate of drug-likeness (QED) is 0.782. The third-order valence-electron chi connectivity index (χ3n) is 2.58. The molecule has 2 aromatic rings. The van der Waals surface area contributed by atoms with Crippen LogP contribution in [0.15, 0.2) is 24.3 Å². The van der Waals surface area contributed by atoms with E-state index in [-0.39, 0.29) is 24.7 Å². The smallest absolute Gasteiger partial charge is 0.355 e. The van der Waals surface area contributed by atoms with Crippen molar-refractivity contribution in [2.24, 2.45) is 0 Å². The van der Waals surface area contributed by atoms with Crippen LogP contribution in [0.4, 0.5) is 4.39 Å². The standard InChI is InChI=1S/C13H11FN2O2/c1-2-18-13(17)12-8-9-7-10(14)3-4-11(9)16(12)6-5-15/h3-4,7-8H,2,6H2,1H3. The van der Waals surface area contributed by atoms with Gasteiger partial charge in [-0.25, -0.2) is 9.18 Å². The van der Waals surface area contributed by atoms with Gasteiger partial charge in [-0.2, -0.15) is 5.26 Å². The van der Waals surface area contributed by atoms with E-state index in [0.29, 0.717) is 10.9 Å². The Hall–Kier alpha value is -2.35. The fourth-order valence-corrected chi connectivity index (χ4v) is 1.86. The van der Waals surface area contributed by atoms with E-state index in [2.05, 4.69) is 0 Å². The maximum absolute atomic E-state index is 13.1. The number of hydrogen-bond donors (Lipinski definition) is 0. The number of benzene rings is 1. The van der Waals surface area contributed by atoms with Crippen molar-refractivity contribution in [3.8, 4) is 6.07 Å². The molecule has 0 N–H and O–H groups in total. The predicted octanol–water partition coefficient (Wildman–Crippen LogP) is 2.48. The van der Waals surface area contributed by atoms with Crippen LogP contribution in [0.3, 0.4) is 0 Å². The molecule has 0 saturated heterocycles. The number of esters is 1. The number of carbonyl (C=O) groups is 1. The normalized spacial score (nSPS) is 10.3. The van der Waals surface area contributed by atoms with Crippen LogP contribution in [-0.4, -0.2) is 17.1 Å². The number of nitriles is 1. The summed E-state index contributed by atoms with van der Waals surface area (Å²) < 4.78 is 19.6. The minimum atomic E-state index is -0.510. The summed E-state index contributed by atoms with van der Waals surface area (Å²) >= 11 is 0. The summed E-state index contributed by atoms with van der Waals surface area (Å²) in [5.41, 5.74) is 0.903. The molecule has 1 aromatic carbocycles. The average molecular weight is 246 g/mol. The molecule has 0 amide bonds. The monoisotopic (exact) mass is 246 g/mol. The lowest BCUT2D eigenvalue weighted by atomic mass is 10.2. The largest absolute Gasteiger partial charge is 0.461 e. The van der Waals surface area contributed by atoms with E-state index >= 15 is 0 Å². The van der Waals surface area contributed by atoms with Gasteiger partial charge < -0.3 is 9.30 Å². The van der Waals surface area contributed by atoms with Gasteiger partial charge in [0.05, 0.1) is 12.7 Å². The Kier molecular flexibility index (Phi) is 3.28. The van der Waals surface area contributed by atoms with Crippen molar-refractivity contribution >= 4 is 16.9 Å². The molecule has 5 heteroatoms. The summed E-state index contributed by atoms with van der Waals surface area (Å²) in [6.45, 7) is 1.97. The van der Waals surface area contributed by atoms with Gasteiger partial charge in [-0.15, -0.1) is 0 Å². The van der Waals surface area contributed by atoms with Gasteiger partial charge in [-0.05, 0) is 31.2 Å². The molecule has 4 nitrogen and oxygen atoms in total. The second-order valence-corrected chi connectivity index (χ2v) is 3.70. The minimum absolute atomic E-state index is 0.0171. The van der Waals surface area contributed by atoms with Gasteiger partial charge in [0.1, 0.15) is 18.1 Å². The Labute approximate surface area is 103 Å². The van der Waals surface area contributed by atoms with Crippen LogP contribution in [0.2, 0.25) is 0 Å². The average Bonchev–Trinajstić information content (AvgIpc) is 2.68. The van der Waals surface area contributed by atoms with Crippen molar-refractivity contribution < 1.29 is 13.9 Å². The van der Waals surface area contributed by atoms with Crippen molar-refractivity contribution in [1.82, 2.24) is 4.57 Å². The summed E-state index contributed by atoms with van der Waals surface area (Å²) in [6.07, 6.45) is 0. The molecule has 0 fully saturated rings. The number of nitrogens with zero attached hydrogens (tertiary/aromatic N) is 2. The zero-order valence-corrected chi connectivity index (χ0v) is 9.81. The van der Waals surface area contributed by atoms with Crippen molar-refractivity contribution in [2.45, 2.75) is 13.5 Å². The van der Waals surface area contributed by atoms with Crippen molar-refractivity contribution in [3.05, 3.63) is 35.8 Å². The van der Waals surface area contributed by atoms with Gasteiger partial charge in [0.25, 0.3) is 0 Å². The Morgan fingerprint density at radius 1 is 1.50 bits per heavy atom. The van der Waals surface area contributed by atoms with E-state index in [9.17, 15) is 9.18 Å². The fourth-order valence-electron chi connectivity index (χ4n) is 1.86. The lowest BCUT2D eigenvalue weighted by Gasteiger charge is -2.05. The van der Waals surface area contributed by atoms with Crippen LogP contribution in [0.25, 0.3) is 10.9 Å². The maximum atomic E-state index is 13.1. The number of fused-ring (bicyclic) bond motifs is 1. The zero-order chi connectivity index (χ0) is 13.1. The van der Waals surface area contributed by atoms with Crippen LogP contribution in [0, 0.1) is 17.1 Å². The first-order valence-corrected chi connectivity index (χ1v) is 5.50. The molecule has 0 atom stereocenters. The maximum Gasteiger partial charge on any atom is 0.355 e. The molecule has 0 spiro atoms. The molecule has 0 unspecified atom stereocenters. The van der Waals surface area contributed by atoms with Crippen molar-refractivity contribution in [2.75, 3.05) is 6.61 Å². The van der Waals surface area contributed by atoms with E-state index in [4.69, 9.17) is 10.00 Å². The lowest BCUT2D eigenvalue weighted by molar-refractivity contribution is 0.0515. The third-order valence-corrected chi connectivity index (χ3v) is 2.58. The fraction of sp³-hybridized carbons (Fsp3) is 0.231. The highest BCUT2D eigenvalue weighted by Crippen LogP contribution is 2.21. The molecule has 0 aliphatic heterocycles. The number of ether oxygens (including phenoxy) is 1. The molecule has 2 rings (SSSR count). The number of carbonyl (C=O) groups excluding carboxylic acids is 1. The van der Waals surface area contributed by atoms with Crippen LogP contribution >= 0.6 is 0 Å². The molecule has 92 valence electrons. The zero-order valence-electron chi connectivity index (χ0n) is 9.81. The molecule has 0 aliphatic carbocycles. The Morgan fingerprint density at radius 3 is 2.94 bits per heavy atom. The van der Waals surface area contributed by atoms with Crippen molar-refractivity contribution in [1.29, 1.82) is 5.26 Å². The molecule has 1 aromatic heterocycles. The molecular formula is C13H11FN2O2. The molecule has 1 heterocycles. The van der Waals surface area contributed by atoms with Crippen LogP contribution in [0.5, 0.6) is 0 Å². The van der Waals surface area contributed by atoms with Crippen LogP contribution in [0.1, 0.15) is 17.4 Å². The topological polar surface area (TPSA) is 55.0 Å². The first-order valence-electron chi connectivity index (χ1n) is 5.50. The van der Waals surface area contributed by atoms with Crippen molar-refractivity contribution in [3.63, 3.8) is 0 Å². The van der Waals surface area contributed by atoms with E-state index in [0.717, 1.165) is 0 Å². The summed E-state index contributed by atoms with van der Waals surface area (Å²) in [7, 11) is 0.